The van der Waals surface area contributed by atoms with Gasteiger partial charge in [0.15, 0.2) is 0 Å². The molecule has 0 aromatic rings. The maximum atomic E-state index is 8.93. The average molecular weight is 168 g/mol. The van der Waals surface area contributed by atoms with E-state index in [0.29, 0.717) is 0 Å². The molecule has 0 heterocycles. The fourth-order valence-electron chi connectivity index (χ4n) is 0.925. The summed E-state index contributed by atoms with van der Waals surface area (Å²) in [4.78, 5) is 0. The summed E-state index contributed by atoms with van der Waals surface area (Å²) in [5.74, 6) is 0. The summed E-state index contributed by atoms with van der Waals surface area (Å²) in [5, 5.41) is 17.9. The van der Waals surface area contributed by atoms with Crippen LogP contribution in [0.1, 0.15) is 13.8 Å². The zero-order valence-electron chi connectivity index (χ0n) is 7.62. The van der Waals surface area contributed by atoms with Gasteiger partial charge in [-0.05, 0) is 25.0 Å². The van der Waals surface area contributed by atoms with Crippen LogP contribution in [0.4, 0.5) is 0 Å². The number of aliphatic hydroxyl groups excluding tert-OH is 2. The molecule has 0 bridgehead atoms. The largest absolute Gasteiger partial charge is 0.392 e. The summed E-state index contributed by atoms with van der Waals surface area (Å²) in [6.45, 7) is 3.68. The minimum Gasteiger partial charge on any atom is -0.392 e. The van der Waals surface area contributed by atoms with Gasteiger partial charge in [0.05, 0.1) is 13.2 Å². The normalized spacial score (nSPS) is 14.3. The van der Waals surface area contributed by atoms with Crippen LogP contribution in [-0.4, -0.2) is 23.4 Å². The molecule has 0 aliphatic heterocycles. The summed E-state index contributed by atoms with van der Waals surface area (Å²) in [5.41, 5.74) is 1.52. The highest BCUT2D eigenvalue weighted by molar-refractivity contribution is 5.33. The summed E-state index contributed by atoms with van der Waals surface area (Å²) in [6.07, 6.45) is 7.27. The third kappa shape index (κ3) is 3.51. The lowest BCUT2D eigenvalue weighted by Crippen LogP contribution is -1.96. The number of hydrogen-bond acceptors (Lipinski definition) is 2. The van der Waals surface area contributed by atoms with Crippen molar-refractivity contribution in [3.63, 3.8) is 0 Å². The third-order valence-electron chi connectivity index (χ3n) is 1.49. The highest BCUT2D eigenvalue weighted by Gasteiger charge is 1.97. The molecule has 0 saturated carbocycles. The van der Waals surface area contributed by atoms with E-state index in [4.69, 9.17) is 10.2 Å². The van der Waals surface area contributed by atoms with Crippen molar-refractivity contribution < 1.29 is 10.2 Å². The number of allylic oxidation sites excluding steroid dienone is 2. The van der Waals surface area contributed by atoms with Crippen molar-refractivity contribution in [2.24, 2.45) is 0 Å². The van der Waals surface area contributed by atoms with Crippen molar-refractivity contribution in [1.82, 2.24) is 0 Å². The first-order chi connectivity index (χ1) is 5.79. The van der Waals surface area contributed by atoms with Crippen LogP contribution < -0.4 is 0 Å². The fraction of sp³-hybridized carbons (Fsp3) is 0.400. The standard InChI is InChI=1S/C10H16O2/c1-3-5-9(7-11)10(8-12)6-4-2/h3-6,11-12H,7-8H2,1-2H3/b5-3-,6-4-,10-9-. The van der Waals surface area contributed by atoms with E-state index in [2.05, 4.69) is 0 Å². The zero-order chi connectivity index (χ0) is 9.40. The zero-order valence-corrected chi connectivity index (χ0v) is 7.62. The molecule has 0 aromatic carbocycles. The minimum absolute atomic E-state index is 0.0371. The SMILES string of the molecule is C\C=C/C(CO)=C(\C=C/C)CO. The maximum Gasteiger partial charge on any atom is 0.0685 e. The Morgan fingerprint density at radius 1 is 0.917 bits per heavy atom. The Morgan fingerprint density at radius 3 is 1.42 bits per heavy atom. The molecule has 0 rings (SSSR count). The smallest absolute Gasteiger partial charge is 0.0685 e. The Hall–Kier alpha value is -0.860. The topological polar surface area (TPSA) is 40.5 Å². The Bertz CT molecular complexity index is 178. The van der Waals surface area contributed by atoms with Crippen LogP contribution in [-0.2, 0) is 0 Å². The molecule has 0 saturated heterocycles. The molecule has 0 aromatic heterocycles. The summed E-state index contributed by atoms with van der Waals surface area (Å²) >= 11 is 0. The Morgan fingerprint density at radius 2 is 1.25 bits per heavy atom. The molecule has 0 amide bonds. The van der Waals surface area contributed by atoms with Crippen molar-refractivity contribution in [1.29, 1.82) is 0 Å². The molecule has 0 aliphatic rings. The van der Waals surface area contributed by atoms with Crippen molar-refractivity contribution in [3.8, 4) is 0 Å². The van der Waals surface area contributed by atoms with Gasteiger partial charge in [0, 0.05) is 0 Å². The van der Waals surface area contributed by atoms with Gasteiger partial charge in [-0.15, -0.1) is 0 Å². The average Bonchev–Trinajstić information content (AvgIpc) is 2.11. The van der Waals surface area contributed by atoms with Gasteiger partial charge in [-0.1, -0.05) is 24.3 Å². The molecule has 2 nitrogen and oxygen atoms in total. The molecule has 2 N–H and O–H groups in total. The first-order valence-electron chi connectivity index (χ1n) is 3.99. The van der Waals surface area contributed by atoms with Crippen molar-refractivity contribution in [2.45, 2.75) is 13.8 Å². The number of rotatable bonds is 4. The van der Waals surface area contributed by atoms with Crippen molar-refractivity contribution in [3.05, 3.63) is 35.5 Å². The van der Waals surface area contributed by atoms with Gasteiger partial charge >= 0.3 is 0 Å². The van der Waals surface area contributed by atoms with Crippen LogP contribution in [0.3, 0.4) is 0 Å². The number of aliphatic hydroxyl groups is 2. The molecule has 0 aliphatic carbocycles. The molecule has 0 spiro atoms. The van der Waals surface area contributed by atoms with E-state index in [9.17, 15) is 0 Å². The lowest BCUT2D eigenvalue weighted by Gasteiger charge is -2.02. The van der Waals surface area contributed by atoms with E-state index in [-0.39, 0.29) is 13.2 Å². The Labute approximate surface area is 73.5 Å². The minimum atomic E-state index is -0.0371. The quantitative estimate of drug-likeness (QED) is 0.623. The number of hydrogen-bond donors (Lipinski definition) is 2. The lowest BCUT2D eigenvalue weighted by molar-refractivity contribution is 0.317. The van der Waals surface area contributed by atoms with E-state index < -0.39 is 0 Å². The predicted octanol–water partition coefficient (Wildman–Crippen LogP) is 1.42. The molecule has 12 heavy (non-hydrogen) atoms. The second kappa shape index (κ2) is 6.83. The highest BCUT2D eigenvalue weighted by Crippen LogP contribution is 2.06. The van der Waals surface area contributed by atoms with Crippen molar-refractivity contribution in [2.75, 3.05) is 13.2 Å². The van der Waals surface area contributed by atoms with Gasteiger partial charge < -0.3 is 10.2 Å². The molecule has 0 unspecified atom stereocenters. The summed E-state index contributed by atoms with van der Waals surface area (Å²) in [6, 6.07) is 0. The van der Waals surface area contributed by atoms with Crippen LogP contribution >= 0.6 is 0 Å². The Kier molecular flexibility index (Phi) is 6.34. The van der Waals surface area contributed by atoms with Crippen LogP contribution in [0.25, 0.3) is 0 Å². The van der Waals surface area contributed by atoms with Crippen LogP contribution in [0.5, 0.6) is 0 Å². The van der Waals surface area contributed by atoms with Gasteiger partial charge in [0.2, 0.25) is 0 Å². The van der Waals surface area contributed by atoms with E-state index in [0.717, 1.165) is 11.1 Å². The fourth-order valence-corrected chi connectivity index (χ4v) is 0.925. The first kappa shape index (κ1) is 11.1. The molecule has 68 valence electrons. The maximum absolute atomic E-state index is 8.93. The van der Waals surface area contributed by atoms with E-state index in [1.807, 2.05) is 26.0 Å². The summed E-state index contributed by atoms with van der Waals surface area (Å²) in [7, 11) is 0. The third-order valence-corrected chi connectivity index (χ3v) is 1.49. The molecule has 2 heteroatoms. The molecule has 0 fully saturated rings. The molecular weight excluding hydrogens is 152 g/mol. The van der Waals surface area contributed by atoms with Gasteiger partial charge in [-0.2, -0.15) is 0 Å². The van der Waals surface area contributed by atoms with Gasteiger partial charge in [0.1, 0.15) is 0 Å². The second-order valence-electron chi connectivity index (χ2n) is 2.37. The highest BCUT2D eigenvalue weighted by atomic mass is 16.3. The first-order valence-corrected chi connectivity index (χ1v) is 3.99. The predicted molar refractivity (Wildman–Crippen MR) is 50.8 cm³/mol. The van der Waals surface area contributed by atoms with Crippen LogP contribution in [0.2, 0.25) is 0 Å². The van der Waals surface area contributed by atoms with E-state index >= 15 is 0 Å². The monoisotopic (exact) mass is 168 g/mol. The van der Waals surface area contributed by atoms with Crippen LogP contribution in [0, 0.1) is 0 Å². The van der Waals surface area contributed by atoms with Gasteiger partial charge in [-0.3, -0.25) is 0 Å². The van der Waals surface area contributed by atoms with Gasteiger partial charge in [0.25, 0.3) is 0 Å². The van der Waals surface area contributed by atoms with Crippen molar-refractivity contribution >= 4 is 0 Å². The second-order valence-corrected chi connectivity index (χ2v) is 2.37. The van der Waals surface area contributed by atoms with Crippen LogP contribution in [0.15, 0.2) is 35.5 Å². The lowest BCUT2D eigenvalue weighted by atomic mass is 10.1. The molecular formula is C10H16O2. The molecule has 0 radical (unpaired) electrons. The van der Waals surface area contributed by atoms with E-state index in [1.165, 1.54) is 0 Å². The van der Waals surface area contributed by atoms with Gasteiger partial charge in [-0.25, -0.2) is 0 Å². The Balaban J connectivity index is 4.73. The van der Waals surface area contributed by atoms with E-state index in [1.54, 1.807) is 12.2 Å². The summed E-state index contributed by atoms with van der Waals surface area (Å²) < 4.78 is 0. The molecule has 0 atom stereocenters.